The minimum atomic E-state index is -3.68. The first kappa shape index (κ1) is 18.0. The fourth-order valence-electron chi connectivity index (χ4n) is 2.74. The number of aromatic nitrogens is 1. The maximum absolute atomic E-state index is 13.0. The average molecular weight is 380 g/mol. The summed E-state index contributed by atoms with van der Waals surface area (Å²) >= 11 is 1.47. The van der Waals surface area contributed by atoms with Gasteiger partial charge in [-0.15, -0.1) is 11.8 Å². The van der Waals surface area contributed by atoms with Crippen molar-refractivity contribution in [2.45, 2.75) is 10.3 Å². The van der Waals surface area contributed by atoms with Gasteiger partial charge in [-0.05, 0) is 38.4 Å². The van der Waals surface area contributed by atoms with Gasteiger partial charge in [0, 0.05) is 19.3 Å². The first-order valence-corrected chi connectivity index (χ1v) is 10.4. The van der Waals surface area contributed by atoms with E-state index in [2.05, 4.69) is 0 Å². The lowest BCUT2D eigenvalue weighted by Gasteiger charge is -2.26. The van der Waals surface area contributed by atoms with Crippen molar-refractivity contribution in [1.82, 2.24) is 13.8 Å². The van der Waals surface area contributed by atoms with Crippen LogP contribution in [0.3, 0.4) is 0 Å². The highest BCUT2D eigenvalue weighted by atomic mass is 32.2. The first-order chi connectivity index (χ1) is 11.9. The zero-order valence-corrected chi connectivity index (χ0v) is 15.8. The van der Waals surface area contributed by atoms with E-state index in [1.54, 1.807) is 53.6 Å². The van der Waals surface area contributed by atoms with Crippen LogP contribution in [0, 0.1) is 0 Å². The molecule has 1 aliphatic rings. The summed E-state index contributed by atoms with van der Waals surface area (Å²) in [6, 6.07) is 11.8. The molecule has 0 aliphatic carbocycles. The minimum Gasteiger partial charge on any atom is -0.323 e. The van der Waals surface area contributed by atoms with E-state index >= 15 is 0 Å². The number of carbonyl (C=O) groups is 1. The summed E-state index contributed by atoms with van der Waals surface area (Å²) in [5.41, 5.74) is 0.610. The highest BCUT2D eigenvalue weighted by Crippen LogP contribution is 2.39. The monoisotopic (exact) mass is 379 g/mol. The third-order valence-electron chi connectivity index (χ3n) is 4.05. The lowest BCUT2D eigenvalue weighted by Crippen LogP contribution is -2.35. The molecule has 134 valence electrons. The van der Waals surface area contributed by atoms with Crippen LogP contribution in [0.25, 0.3) is 0 Å². The van der Waals surface area contributed by atoms with E-state index in [4.69, 9.17) is 0 Å². The Kier molecular flexibility index (Phi) is 5.21. The molecule has 1 atom stereocenters. The Morgan fingerprint density at radius 1 is 1.16 bits per heavy atom. The number of amides is 1. The van der Waals surface area contributed by atoms with Gasteiger partial charge in [-0.3, -0.25) is 4.79 Å². The molecule has 3 rings (SSSR count). The van der Waals surface area contributed by atoms with Gasteiger partial charge in [-0.1, -0.05) is 18.2 Å². The van der Waals surface area contributed by atoms with Crippen LogP contribution < -0.4 is 0 Å². The van der Waals surface area contributed by atoms with Gasteiger partial charge >= 0.3 is 0 Å². The van der Waals surface area contributed by atoms with Crippen LogP contribution in [-0.4, -0.2) is 61.0 Å². The highest BCUT2D eigenvalue weighted by Gasteiger charge is 2.36. The Hall–Kier alpha value is -1.77. The van der Waals surface area contributed by atoms with E-state index in [9.17, 15) is 13.2 Å². The molecule has 1 aliphatic heterocycles. The van der Waals surface area contributed by atoms with Crippen LogP contribution in [-0.2, 0) is 14.8 Å². The quantitative estimate of drug-likeness (QED) is 0.767. The molecule has 0 radical (unpaired) electrons. The molecular formula is C17H21N3O3S2. The van der Waals surface area contributed by atoms with Crippen LogP contribution in [0.5, 0.6) is 0 Å². The average Bonchev–Trinajstić information content (AvgIpc) is 3.20. The summed E-state index contributed by atoms with van der Waals surface area (Å²) in [4.78, 5) is 16.3. The third-order valence-corrected chi connectivity index (χ3v) is 7.00. The zero-order chi connectivity index (χ0) is 18.0. The predicted octanol–water partition coefficient (Wildman–Crippen LogP) is 1.86. The molecule has 1 fully saturated rings. The second-order valence-corrected chi connectivity index (χ2v) is 8.98. The van der Waals surface area contributed by atoms with Crippen LogP contribution in [0.1, 0.15) is 11.1 Å². The molecule has 0 bridgehead atoms. The number of likely N-dealkylation sites (N-methyl/N-ethyl adjacent to an activating group) is 1. The van der Waals surface area contributed by atoms with Crippen molar-refractivity contribution < 1.29 is 13.2 Å². The van der Waals surface area contributed by atoms with Gasteiger partial charge in [-0.25, -0.2) is 12.4 Å². The van der Waals surface area contributed by atoms with Gasteiger partial charge in [0.05, 0.1) is 16.3 Å². The maximum atomic E-state index is 13.0. The smallest absolute Gasteiger partial charge is 0.267 e. The standard InChI is InChI=1S/C17H21N3O3S2/c1-18(2)11-12-19-16(21)13-24-17(19)15-9-6-10-20(15)25(22,23)14-7-4-3-5-8-14/h3-10,17H,11-13H2,1-2H3. The third kappa shape index (κ3) is 3.61. The molecule has 1 amide bonds. The van der Waals surface area contributed by atoms with Gasteiger partial charge in [-0.2, -0.15) is 0 Å². The van der Waals surface area contributed by atoms with E-state index in [1.165, 1.54) is 15.7 Å². The van der Waals surface area contributed by atoms with E-state index in [0.29, 0.717) is 18.0 Å². The number of thioether (sulfide) groups is 1. The van der Waals surface area contributed by atoms with Crippen LogP contribution in [0.2, 0.25) is 0 Å². The molecule has 25 heavy (non-hydrogen) atoms. The van der Waals surface area contributed by atoms with E-state index in [-0.39, 0.29) is 16.2 Å². The molecular weight excluding hydrogens is 358 g/mol. The number of hydrogen-bond acceptors (Lipinski definition) is 5. The van der Waals surface area contributed by atoms with Gasteiger partial charge in [0.25, 0.3) is 10.0 Å². The summed E-state index contributed by atoms with van der Waals surface area (Å²) in [5.74, 6) is 0.413. The SMILES string of the molecule is CN(C)CCN1C(=O)CSC1c1cccn1S(=O)(=O)c1ccccc1. The van der Waals surface area contributed by atoms with Crippen LogP contribution in [0.4, 0.5) is 0 Å². The Morgan fingerprint density at radius 3 is 2.56 bits per heavy atom. The number of benzene rings is 1. The van der Waals surface area contributed by atoms with Gasteiger partial charge in [0.1, 0.15) is 5.37 Å². The topological polar surface area (TPSA) is 62.6 Å². The van der Waals surface area contributed by atoms with E-state index in [1.807, 2.05) is 19.0 Å². The van der Waals surface area contributed by atoms with Crippen molar-refractivity contribution in [2.75, 3.05) is 32.9 Å². The fraction of sp³-hybridized carbons (Fsp3) is 0.353. The number of nitrogens with zero attached hydrogens (tertiary/aromatic N) is 3. The molecule has 2 aromatic rings. The van der Waals surface area contributed by atoms with Crippen molar-refractivity contribution >= 4 is 27.7 Å². The summed E-state index contributed by atoms with van der Waals surface area (Å²) in [6.45, 7) is 1.30. The number of hydrogen-bond donors (Lipinski definition) is 0. The van der Waals surface area contributed by atoms with Crippen LogP contribution in [0.15, 0.2) is 53.6 Å². The minimum absolute atomic E-state index is 0.0432. The largest absolute Gasteiger partial charge is 0.323 e. The Balaban J connectivity index is 1.95. The van der Waals surface area contributed by atoms with Gasteiger partial charge in [0.15, 0.2) is 0 Å². The molecule has 1 saturated heterocycles. The van der Waals surface area contributed by atoms with Crippen molar-refractivity contribution in [3.63, 3.8) is 0 Å². The first-order valence-electron chi connectivity index (χ1n) is 7.95. The lowest BCUT2D eigenvalue weighted by molar-refractivity contribution is -0.128. The fourth-order valence-corrected chi connectivity index (χ4v) is 5.44. The Labute approximate surface area is 152 Å². The molecule has 2 heterocycles. The van der Waals surface area contributed by atoms with Crippen molar-refractivity contribution in [2.24, 2.45) is 0 Å². The second-order valence-electron chi connectivity index (χ2n) is 6.10. The number of rotatable bonds is 6. The Bertz CT molecular complexity index is 847. The van der Waals surface area contributed by atoms with Gasteiger partial charge < -0.3 is 9.80 Å². The molecule has 1 aromatic carbocycles. The van der Waals surface area contributed by atoms with Crippen LogP contribution >= 0.6 is 11.8 Å². The van der Waals surface area contributed by atoms with Crippen molar-refractivity contribution in [1.29, 1.82) is 0 Å². The summed E-state index contributed by atoms with van der Waals surface area (Å²) < 4.78 is 27.2. The molecule has 0 spiro atoms. The summed E-state index contributed by atoms with van der Waals surface area (Å²) in [7, 11) is 0.218. The molecule has 6 nitrogen and oxygen atoms in total. The molecule has 0 N–H and O–H groups in total. The molecule has 1 aromatic heterocycles. The summed E-state index contributed by atoms with van der Waals surface area (Å²) in [6.07, 6.45) is 1.55. The molecule has 8 heteroatoms. The highest BCUT2D eigenvalue weighted by molar-refractivity contribution is 8.00. The number of carbonyl (C=O) groups excluding carboxylic acids is 1. The Morgan fingerprint density at radius 2 is 1.88 bits per heavy atom. The lowest BCUT2D eigenvalue weighted by atomic mass is 10.3. The zero-order valence-electron chi connectivity index (χ0n) is 14.2. The van der Waals surface area contributed by atoms with Crippen molar-refractivity contribution in [3.8, 4) is 0 Å². The molecule has 1 unspecified atom stereocenters. The molecule has 0 saturated carbocycles. The van der Waals surface area contributed by atoms with E-state index in [0.717, 1.165) is 6.54 Å². The maximum Gasteiger partial charge on any atom is 0.267 e. The second kappa shape index (κ2) is 7.23. The van der Waals surface area contributed by atoms with Gasteiger partial charge in [0.2, 0.25) is 5.91 Å². The van der Waals surface area contributed by atoms with Crippen molar-refractivity contribution in [3.05, 3.63) is 54.4 Å². The predicted molar refractivity (Wildman–Crippen MR) is 98.9 cm³/mol. The normalized spacial score (nSPS) is 18.3. The summed E-state index contributed by atoms with van der Waals surface area (Å²) in [5, 5.41) is -0.291. The van der Waals surface area contributed by atoms with E-state index < -0.39 is 10.0 Å².